The van der Waals surface area contributed by atoms with Crippen LogP contribution >= 0.6 is 0 Å². The van der Waals surface area contributed by atoms with Gasteiger partial charge in [0.15, 0.2) is 0 Å². The Labute approximate surface area is 114 Å². The zero-order valence-electron chi connectivity index (χ0n) is 11.6. The first-order valence-corrected chi connectivity index (χ1v) is 6.90. The number of nitrogens with one attached hydrogen (secondary N) is 1. The molecule has 5 nitrogen and oxygen atoms in total. The average Bonchev–Trinajstić information content (AvgIpc) is 2.36. The summed E-state index contributed by atoms with van der Waals surface area (Å²) in [5.41, 5.74) is 0. The van der Waals surface area contributed by atoms with Gasteiger partial charge in [-0.2, -0.15) is 0 Å². The summed E-state index contributed by atoms with van der Waals surface area (Å²) in [6, 6.07) is -0.319. The van der Waals surface area contributed by atoms with Crippen LogP contribution in [0.15, 0.2) is 12.7 Å². The standard InChI is InChI=1S/C14H24N2O3/c1-3-8-16(10-13(17)18)14(19)15-9-12-7-5-4-6-11(12)2/h3,11-12H,1,4-10H2,2H3,(H,15,19)(H,17,18). The molecule has 0 heterocycles. The SMILES string of the molecule is C=CCN(CC(=O)O)C(=O)NCC1CCCCC1C. The van der Waals surface area contributed by atoms with Crippen molar-refractivity contribution < 1.29 is 14.7 Å². The van der Waals surface area contributed by atoms with E-state index in [9.17, 15) is 9.59 Å². The topological polar surface area (TPSA) is 69.6 Å². The highest BCUT2D eigenvalue weighted by Crippen LogP contribution is 2.28. The van der Waals surface area contributed by atoms with Crippen molar-refractivity contribution in [3.05, 3.63) is 12.7 Å². The first-order valence-electron chi connectivity index (χ1n) is 6.90. The van der Waals surface area contributed by atoms with Gasteiger partial charge in [-0.15, -0.1) is 6.58 Å². The molecular formula is C14H24N2O3. The average molecular weight is 268 g/mol. The van der Waals surface area contributed by atoms with Crippen molar-refractivity contribution in [2.45, 2.75) is 32.6 Å². The van der Waals surface area contributed by atoms with Gasteiger partial charge >= 0.3 is 12.0 Å². The van der Waals surface area contributed by atoms with E-state index in [1.807, 2.05) is 0 Å². The van der Waals surface area contributed by atoms with Crippen LogP contribution in [0.1, 0.15) is 32.6 Å². The number of hydrogen-bond donors (Lipinski definition) is 2. The van der Waals surface area contributed by atoms with Crippen LogP contribution in [0.5, 0.6) is 0 Å². The van der Waals surface area contributed by atoms with Crippen LogP contribution in [0.2, 0.25) is 0 Å². The second-order valence-corrected chi connectivity index (χ2v) is 5.27. The maximum Gasteiger partial charge on any atom is 0.323 e. The summed E-state index contributed by atoms with van der Waals surface area (Å²) in [5.74, 6) is 0.123. The molecule has 2 atom stereocenters. The van der Waals surface area contributed by atoms with Gasteiger partial charge in [-0.3, -0.25) is 4.79 Å². The Morgan fingerprint density at radius 3 is 2.68 bits per heavy atom. The molecule has 1 aliphatic carbocycles. The Hall–Kier alpha value is -1.52. The second kappa shape index (κ2) is 7.81. The third-order valence-corrected chi connectivity index (χ3v) is 3.77. The summed E-state index contributed by atoms with van der Waals surface area (Å²) in [4.78, 5) is 23.9. The van der Waals surface area contributed by atoms with Gasteiger partial charge in [0.05, 0.1) is 0 Å². The lowest BCUT2D eigenvalue weighted by atomic mass is 9.80. The van der Waals surface area contributed by atoms with Crippen LogP contribution in [0.25, 0.3) is 0 Å². The Morgan fingerprint density at radius 2 is 2.11 bits per heavy atom. The molecule has 0 radical (unpaired) electrons. The summed E-state index contributed by atoms with van der Waals surface area (Å²) in [6.07, 6.45) is 6.38. The van der Waals surface area contributed by atoms with E-state index in [1.54, 1.807) is 0 Å². The number of rotatable bonds is 6. The van der Waals surface area contributed by atoms with Gasteiger partial charge in [0.25, 0.3) is 0 Å². The van der Waals surface area contributed by atoms with E-state index in [2.05, 4.69) is 18.8 Å². The molecule has 1 rings (SSSR count). The number of nitrogens with zero attached hydrogens (tertiary/aromatic N) is 1. The molecule has 2 amide bonds. The van der Waals surface area contributed by atoms with Gasteiger partial charge in [-0.1, -0.05) is 32.3 Å². The number of carboxylic acids is 1. The smallest absolute Gasteiger partial charge is 0.323 e. The van der Waals surface area contributed by atoms with E-state index >= 15 is 0 Å². The molecule has 1 aliphatic rings. The van der Waals surface area contributed by atoms with Gasteiger partial charge in [0, 0.05) is 13.1 Å². The van der Waals surface area contributed by atoms with E-state index in [-0.39, 0.29) is 19.1 Å². The summed E-state index contributed by atoms with van der Waals surface area (Å²) < 4.78 is 0. The summed E-state index contributed by atoms with van der Waals surface area (Å²) in [7, 11) is 0. The molecule has 0 bridgehead atoms. The van der Waals surface area contributed by atoms with Crippen LogP contribution in [-0.4, -0.2) is 41.6 Å². The van der Waals surface area contributed by atoms with E-state index < -0.39 is 5.97 Å². The fraction of sp³-hybridized carbons (Fsp3) is 0.714. The monoisotopic (exact) mass is 268 g/mol. The lowest BCUT2D eigenvalue weighted by molar-refractivity contribution is -0.137. The van der Waals surface area contributed by atoms with Crippen molar-refractivity contribution in [2.24, 2.45) is 11.8 Å². The highest BCUT2D eigenvalue weighted by molar-refractivity contribution is 5.80. The molecule has 0 aromatic heterocycles. The zero-order chi connectivity index (χ0) is 14.3. The maximum atomic E-state index is 11.9. The van der Waals surface area contributed by atoms with Gasteiger partial charge in [0.2, 0.25) is 0 Å². The minimum absolute atomic E-state index is 0.248. The molecule has 1 fully saturated rings. The predicted octanol–water partition coefficient (Wildman–Crippen LogP) is 2.09. The van der Waals surface area contributed by atoms with Crippen LogP contribution in [0, 0.1) is 11.8 Å². The first-order chi connectivity index (χ1) is 9.04. The quantitative estimate of drug-likeness (QED) is 0.725. The van der Waals surface area contributed by atoms with Crippen LogP contribution < -0.4 is 5.32 Å². The minimum atomic E-state index is -1.01. The van der Waals surface area contributed by atoms with E-state index in [0.717, 1.165) is 6.42 Å². The molecule has 19 heavy (non-hydrogen) atoms. The number of amides is 2. The van der Waals surface area contributed by atoms with Crippen molar-refractivity contribution in [1.29, 1.82) is 0 Å². The van der Waals surface area contributed by atoms with Gasteiger partial charge in [0.1, 0.15) is 6.54 Å². The van der Waals surface area contributed by atoms with Crippen molar-refractivity contribution in [2.75, 3.05) is 19.6 Å². The van der Waals surface area contributed by atoms with Gasteiger partial charge < -0.3 is 15.3 Å². The van der Waals surface area contributed by atoms with Crippen LogP contribution in [0.4, 0.5) is 4.79 Å². The first kappa shape index (κ1) is 15.5. The molecule has 108 valence electrons. The number of carbonyl (C=O) groups excluding carboxylic acids is 1. The van der Waals surface area contributed by atoms with Gasteiger partial charge in [-0.25, -0.2) is 4.79 Å². The van der Waals surface area contributed by atoms with Crippen molar-refractivity contribution in [1.82, 2.24) is 10.2 Å². The summed E-state index contributed by atoms with van der Waals surface area (Å²) in [6.45, 7) is 6.34. The highest BCUT2D eigenvalue weighted by atomic mass is 16.4. The van der Waals surface area contributed by atoms with Crippen LogP contribution in [-0.2, 0) is 4.79 Å². The Bertz CT molecular complexity index is 331. The third-order valence-electron chi connectivity index (χ3n) is 3.77. The predicted molar refractivity (Wildman–Crippen MR) is 73.9 cm³/mol. The number of urea groups is 1. The van der Waals surface area contributed by atoms with E-state index in [4.69, 9.17) is 5.11 Å². The molecule has 0 aromatic rings. The molecule has 0 spiro atoms. The number of hydrogen-bond acceptors (Lipinski definition) is 2. The Kier molecular flexibility index (Phi) is 6.39. The molecule has 5 heteroatoms. The molecule has 0 aliphatic heterocycles. The van der Waals surface area contributed by atoms with Crippen molar-refractivity contribution >= 4 is 12.0 Å². The van der Waals surface area contributed by atoms with Crippen molar-refractivity contribution in [3.63, 3.8) is 0 Å². The third kappa shape index (κ3) is 5.32. The molecule has 2 N–H and O–H groups in total. The largest absolute Gasteiger partial charge is 0.480 e. The highest BCUT2D eigenvalue weighted by Gasteiger charge is 2.23. The zero-order valence-corrected chi connectivity index (χ0v) is 11.6. The normalized spacial score (nSPS) is 22.6. The summed E-state index contributed by atoms with van der Waals surface area (Å²) in [5, 5.41) is 11.6. The van der Waals surface area contributed by atoms with Crippen molar-refractivity contribution in [3.8, 4) is 0 Å². The van der Waals surface area contributed by atoms with E-state index in [0.29, 0.717) is 18.4 Å². The summed E-state index contributed by atoms with van der Waals surface area (Å²) >= 11 is 0. The van der Waals surface area contributed by atoms with E-state index in [1.165, 1.54) is 30.2 Å². The molecule has 0 aromatic carbocycles. The lowest BCUT2D eigenvalue weighted by Crippen LogP contribution is -2.45. The fourth-order valence-corrected chi connectivity index (χ4v) is 2.56. The Morgan fingerprint density at radius 1 is 1.42 bits per heavy atom. The second-order valence-electron chi connectivity index (χ2n) is 5.27. The van der Waals surface area contributed by atoms with Crippen LogP contribution in [0.3, 0.4) is 0 Å². The lowest BCUT2D eigenvalue weighted by Gasteiger charge is -2.29. The molecule has 1 saturated carbocycles. The number of aliphatic carboxylic acids is 1. The van der Waals surface area contributed by atoms with Gasteiger partial charge in [-0.05, 0) is 18.3 Å². The number of carbonyl (C=O) groups is 2. The molecular weight excluding hydrogens is 244 g/mol. The molecule has 0 saturated heterocycles. The maximum absolute atomic E-state index is 11.9. The fourth-order valence-electron chi connectivity index (χ4n) is 2.56. The number of carboxylic acid groups (broad SMARTS) is 1. The minimum Gasteiger partial charge on any atom is -0.480 e. The Balaban J connectivity index is 2.42. The molecule has 2 unspecified atom stereocenters.